The van der Waals surface area contributed by atoms with Crippen LogP contribution in [0.5, 0.6) is 0 Å². The van der Waals surface area contributed by atoms with Crippen molar-refractivity contribution in [2.24, 2.45) is 0 Å². The van der Waals surface area contributed by atoms with Crippen LogP contribution in [0.1, 0.15) is 24.4 Å². The van der Waals surface area contributed by atoms with Crippen LogP contribution in [-0.2, 0) is 4.79 Å². The summed E-state index contributed by atoms with van der Waals surface area (Å²) in [5.74, 6) is -1.49. The molecule has 1 amide bonds. The molecule has 0 N–H and O–H groups in total. The first-order chi connectivity index (χ1) is 11.4. The fourth-order valence-corrected chi connectivity index (χ4v) is 3.18. The van der Waals surface area contributed by atoms with E-state index in [9.17, 15) is 23.7 Å². The molecule has 0 spiro atoms. The molecule has 0 aliphatic carbocycles. The number of hydrogen-bond donors (Lipinski definition) is 0. The summed E-state index contributed by atoms with van der Waals surface area (Å²) in [4.78, 5) is 24.2. The Morgan fingerprint density at radius 1 is 1.21 bits per heavy atom. The Morgan fingerprint density at radius 2 is 1.88 bits per heavy atom. The van der Waals surface area contributed by atoms with Crippen LogP contribution in [0, 0.1) is 21.7 Å². The van der Waals surface area contributed by atoms with Gasteiger partial charge in [-0.2, -0.15) is 0 Å². The average molecular weight is 397 g/mol. The molecule has 1 aliphatic heterocycles. The number of nitrogens with zero attached hydrogens (tertiary/aromatic N) is 2. The number of benzene rings is 2. The molecule has 2 aromatic carbocycles. The summed E-state index contributed by atoms with van der Waals surface area (Å²) in [6, 6.07) is 7.16. The maximum absolute atomic E-state index is 13.7. The van der Waals surface area contributed by atoms with Crippen LogP contribution in [0.25, 0.3) is 0 Å². The number of nitro groups is 1. The van der Waals surface area contributed by atoms with Crippen LogP contribution >= 0.6 is 15.9 Å². The minimum absolute atomic E-state index is 0.0186. The molecule has 0 saturated carbocycles. The molecule has 3 rings (SSSR count). The highest BCUT2D eigenvalue weighted by Gasteiger charge is 2.37. The van der Waals surface area contributed by atoms with Crippen LogP contribution in [0.2, 0.25) is 0 Å². The lowest BCUT2D eigenvalue weighted by molar-refractivity contribution is -0.384. The number of amides is 1. The third-order valence-corrected chi connectivity index (χ3v) is 4.55. The van der Waals surface area contributed by atoms with E-state index >= 15 is 0 Å². The van der Waals surface area contributed by atoms with Crippen molar-refractivity contribution < 1.29 is 18.5 Å². The highest BCUT2D eigenvalue weighted by Crippen LogP contribution is 2.42. The topological polar surface area (TPSA) is 63.5 Å². The molecule has 2 aromatic rings. The van der Waals surface area contributed by atoms with Crippen molar-refractivity contribution in [1.29, 1.82) is 0 Å². The van der Waals surface area contributed by atoms with Gasteiger partial charge in [0.25, 0.3) is 5.69 Å². The second kappa shape index (κ2) is 6.27. The summed E-state index contributed by atoms with van der Waals surface area (Å²) >= 11 is 3.00. The van der Waals surface area contributed by atoms with Crippen molar-refractivity contribution in [1.82, 2.24) is 0 Å². The average Bonchev–Trinajstić information content (AvgIpc) is 2.91. The van der Waals surface area contributed by atoms with Crippen molar-refractivity contribution in [3.63, 3.8) is 0 Å². The zero-order chi connectivity index (χ0) is 17.4. The lowest BCUT2D eigenvalue weighted by atomic mass is 10.0. The van der Waals surface area contributed by atoms with Crippen LogP contribution in [0.4, 0.5) is 20.2 Å². The number of carbonyl (C=O) groups is 1. The molecular weight excluding hydrogens is 386 g/mol. The Kier molecular flexibility index (Phi) is 4.31. The zero-order valence-electron chi connectivity index (χ0n) is 12.2. The van der Waals surface area contributed by atoms with Gasteiger partial charge in [-0.3, -0.25) is 19.8 Å². The van der Waals surface area contributed by atoms with E-state index in [0.717, 1.165) is 6.07 Å². The predicted octanol–water partition coefficient (Wildman–Crippen LogP) is 4.50. The van der Waals surface area contributed by atoms with Crippen LogP contribution in [0.3, 0.4) is 0 Å². The lowest BCUT2D eigenvalue weighted by Crippen LogP contribution is -2.28. The van der Waals surface area contributed by atoms with E-state index in [1.165, 1.54) is 35.2 Å². The Hall–Kier alpha value is -2.35. The molecule has 0 radical (unpaired) electrons. The Bertz CT molecular complexity index is 827. The quantitative estimate of drug-likeness (QED) is 0.566. The number of halogens is 3. The molecule has 0 bridgehead atoms. The van der Waals surface area contributed by atoms with Crippen LogP contribution in [-0.4, -0.2) is 10.8 Å². The standard InChI is InChI=1S/C16H11BrF2N2O3/c17-11-7-14(15(21(23)24)8-12(11)19)20-13(5-6-16(20)22)9-1-3-10(18)4-2-9/h1-4,7-8,13H,5-6H2. The van der Waals surface area contributed by atoms with Gasteiger partial charge in [-0.25, -0.2) is 8.78 Å². The Labute approximate surface area is 144 Å². The second-order valence-corrected chi connectivity index (χ2v) is 6.24. The van der Waals surface area contributed by atoms with Gasteiger partial charge >= 0.3 is 0 Å². The third-order valence-electron chi connectivity index (χ3n) is 3.94. The molecule has 124 valence electrons. The summed E-state index contributed by atoms with van der Waals surface area (Å²) < 4.78 is 26.8. The number of hydrogen-bond acceptors (Lipinski definition) is 3. The normalized spacial score (nSPS) is 17.4. The van der Waals surface area contributed by atoms with Crippen molar-refractivity contribution in [3.05, 3.63) is 68.2 Å². The van der Waals surface area contributed by atoms with Gasteiger partial charge < -0.3 is 0 Å². The van der Waals surface area contributed by atoms with Crippen LogP contribution < -0.4 is 4.90 Å². The van der Waals surface area contributed by atoms with Gasteiger partial charge in [0.1, 0.15) is 17.3 Å². The summed E-state index contributed by atoms with van der Waals surface area (Å²) in [6.45, 7) is 0. The molecule has 1 heterocycles. The van der Waals surface area contributed by atoms with Crippen molar-refractivity contribution >= 4 is 33.2 Å². The predicted molar refractivity (Wildman–Crippen MR) is 86.6 cm³/mol. The molecular formula is C16H11BrF2N2O3. The van der Waals surface area contributed by atoms with Gasteiger partial charge in [-0.05, 0) is 46.1 Å². The minimum atomic E-state index is -0.782. The zero-order valence-corrected chi connectivity index (χ0v) is 13.8. The second-order valence-electron chi connectivity index (χ2n) is 5.38. The number of nitro benzene ring substituents is 1. The van der Waals surface area contributed by atoms with Crippen LogP contribution in [0.15, 0.2) is 40.9 Å². The number of rotatable bonds is 3. The Balaban J connectivity index is 2.12. The first kappa shape index (κ1) is 16.5. The summed E-state index contributed by atoms with van der Waals surface area (Å²) in [6.07, 6.45) is 0.644. The van der Waals surface area contributed by atoms with E-state index < -0.39 is 28.3 Å². The lowest BCUT2D eigenvalue weighted by Gasteiger charge is -2.25. The summed E-state index contributed by atoms with van der Waals surface area (Å²) in [5.41, 5.74) is 0.195. The minimum Gasteiger partial charge on any atom is -0.299 e. The maximum atomic E-state index is 13.7. The number of anilines is 1. The third kappa shape index (κ3) is 2.89. The fourth-order valence-electron chi connectivity index (χ4n) is 2.85. The molecule has 8 heteroatoms. The molecule has 0 aromatic heterocycles. The van der Waals surface area contributed by atoms with Crippen molar-refractivity contribution in [2.75, 3.05) is 4.90 Å². The first-order valence-corrected chi connectivity index (χ1v) is 7.88. The van der Waals surface area contributed by atoms with E-state index in [2.05, 4.69) is 15.9 Å². The molecule has 1 fully saturated rings. The monoisotopic (exact) mass is 396 g/mol. The highest BCUT2D eigenvalue weighted by atomic mass is 79.9. The molecule has 1 aliphatic rings. The van der Waals surface area contributed by atoms with Crippen molar-refractivity contribution in [3.8, 4) is 0 Å². The molecule has 1 atom stereocenters. The summed E-state index contributed by atoms with van der Waals surface area (Å²) in [7, 11) is 0. The first-order valence-electron chi connectivity index (χ1n) is 7.09. The van der Waals surface area contributed by atoms with Gasteiger partial charge in [0.05, 0.1) is 21.5 Å². The molecule has 5 nitrogen and oxygen atoms in total. The van der Waals surface area contributed by atoms with E-state index in [4.69, 9.17) is 0 Å². The maximum Gasteiger partial charge on any atom is 0.295 e. The molecule has 1 unspecified atom stereocenters. The molecule has 1 saturated heterocycles. The van der Waals surface area contributed by atoms with Gasteiger partial charge in [-0.1, -0.05) is 12.1 Å². The number of carbonyl (C=O) groups excluding carboxylic acids is 1. The largest absolute Gasteiger partial charge is 0.299 e. The van der Waals surface area contributed by atoms with Gasteiger partial charge in [0.15, 0.2) is 0 Å². The Morgan fingerprint density at radius 3 is 2.50 bits per heavy atom. The van der Waals surface area contributed by atoms with E-state index in [1.807, 2.05) is 0 Å². The highest BCUT2D eigenvalue weighted by molar-refractivity contribution is 9.10. The fraction of sp³-hybridized carbons (Fsp3) is 0.188. The van der Waals surface area contributed by atoms with Gasteiger partial charge in [-0.15, -0.1) is 0 Å². The summed E-state index contributed by atoms with van der Waals surface area (Å²) in [5, 5.41) is 11.3. The smallest absolute Gasteiger partial charge is 0.295 e. The van der Waals surface area contributed by atoms with E-state index in [1.54, 1.807) is 0 Å². The SMILES string of the molecule is O=C1CCC(c2ccc(F)cc2)N1c1cc(Br)c(F)cc1[N+](=O)[O-]. The van der Waals surface area contributed by atoms with E-state index in [-0.39, 0.29) is 22.5 Å². The molecule has 24 heavy (non-hydrogen) atoms. The van der Waals surface area contributed by atoms with Gasteiger partial charge in [0, 0.05) is 6.42 Å². The van der Waals surface area contributed by atoms with E-state index in [0.29, 0.717) is 12.0 Å². The van der Waals surface area contributed by atoms with Gasteiger partial charge in [0.2, 0.25) is 5.91 Å². The van der Waals surface area contributed by atoms with Crippen molar-refractivity contribution in [2.45, 2.75) is 18.9 Å².